The summed E-state index contributed by atoms with van der Waals surface area (Å²) >= 11 is 0. The average Bonchev–Trinajstić information content (AvgIpc) is 2.65. The van der Waals surface area contributed by atoms with Crippen LogP contribution in [0.5, 0.6) is 11.6 Å². The van der Waals surface area contributed by atoms with Crippen LogP contribution >= 0.6 is 0 Å². The number of carbonyl (C=O) groups is 1. The first-order valence-corrected chi connectivity index (χ1v) is 8.23. The molecule has 1 aromatic carbocycles. The van der Waals surface area contributed by atoms with Gasteiger partial charge < -0.3 is 15.4 Å². The van der Waals surface area contributed by atoms with Crippen molar-refractivity contribution in [1.82, 2.24) is 20.2 Å². The monoisotopic (exact) mass is 363 g/mol. The van der Waals surface area contributed by atoms with Gasteiger partial charge in [-0.15, -0.1) is 0 Å². The van der Waals surface area contributed by atoms with E-state index >= 15 is 0 Å². The van der Waals surface area contributed by atoms with E-state index in [4.69, 9.17) is 4.74 Å². The van der Waals surface area contributed by atoms with Crippen molar-refractivity contribution >= 4 is 11.7 Å². The van der Waals surface area contributed by atoms with Gasteiger partial charge in [0.1, 0.15) is 5.82 Å². The minimum atomic E-state index is -0.839. The number of halogens is 2. The number of piperazine rings is 1. The summed E-state index contributed by atoms with van der Waals surface area (Å²) < 4.78 is 31.7. The van der Waals surface area contributed by atoms with Gasteiger partial charge in [-0.3, -0.25) is 9.69 Å². The molecule has 1 aliphatic heterocycles. The van der Waals surface area contributed by atoms with Gasteiger partial charge in [0, 0.05) is 32.2 Å². The summed E-state index contributed by atoms with van der Waals surface area (Å²) in [4.78, 5) is 22.4. The van der Waals surface area contributed by atoms with Crippen LogP contribution < -0.4 is 15.4 Å². The first-order chi connectivity index (χ1) is 12.5. The summed E-state index contributed by atoms with van der Waals surface area (Å²) in [6.07, 6.45) is 2.58. The van der Waals surface area contributed by atoms with Crippen LogP contribution in [0.25, 0.3) is 0 Å². The third-order valence-corrected chi connectivity index (χ3v) is 4.07. The van der Waals surface area contributed by atoms with E-state index in [1.807, 2.05) is 6.92 Å². The van der Waals surface area contributed by atoms with E-state index < -0.39 is 11.6 Å². The largest absolute Gasteiger partial charge is 0.434 e. The Morgan fingerprint density at radius 1 is 1.27 bits per heavy atom. The summed E-state index contributed by atoms with van der Waals surface area (Å²) in [5, 5.41) is 5.93. The van der Waals surface area contributed by atoms with Crippen LogP contribution in [0, 0.1) is 11.6 Å². The number of aromatic nitrogens is 2. The lowest BCUT2D eigenvalue weighted by Gasteiger charge is -2.31. The molecule has 2 N–H and O–H groups in total. The Morgan fingerprint density at radius 2 is 2.04 bits per heavy atom. The molecule has 26 heavy (non-hydrogen) atoms. The van der Waals surface area contributed by atoms with Crippen LogP contribution in [0.3, 0.4) is 0 Å². The van der Waals surface area contributed by atoms with E-state index in [0.29, 0.717) is 0 Å². The Morgan fingerprint density at radius 3 is 2.69 bits per heavy atom. The molecule has 1 fully saturated rings. The van der Waals surface area contributed by atoms with E-state index in [1.165, 1.54) is 12.4 Å². The normalized spacial score (nSPS) is 16.1. The van der Waals surface area contributed by atoms with Gasteiger partial charge in [-0.1, -0.05) is 0 Å². The topological polar surface area (TPSA) is 79.4 Å². The van der Waals surface area contributed by atoms with Crippen molar-refractivity contribution in [3.8, 4) is 11.6 Å². The number of ether oxygens (including phenoxy) is 1. The van der Waals surface area contributed by atoms with Gasteiger partial charge in [-0.2, -0.15) is 0 Å². The number of amides is 1. The minimum Gasteiger partial charge on any atom is -0.434 e. The third-order valence-electron chi connectivity index (χ3n) is 4.07. The molecule has 7 nitrogen and oxygen atoms in total. The lowest BCUT2D eigenvalue weighted by atomic mass is 10.2. The van der Waals surface area contributed by atoms with Gasteiger partial charge in [-0.25, -0.2) is 18.7 Å². The Labute approximate surface area is 149 Å². The number of nitrogens with one attached hydrogen (secondary N) is 2. The second-order valence-electron chi connectivity index (χ2n) is 5.87. The van der Waals surface area contributed by atoms with Crippen molar-refractivity contribution in [2.45, 2.75) is 13.0 Å². The predicted octanol–water partition coefficient (Wildman–Crippen LogP) is 1.78. The maximum atomic E-state index is 13.6. The van der Waals surface area contributed by atoms with Crippen molar-refractivity contribution < 1.29 is 18.3 Å². The SMILES string of the molecule is C[C@@H](C(=O)Nc1cnc(Oc2ccc(F)cc2F)cn1)N1CCNCC1. The van der Waals surface area contributed by atoms with Gasteiger partial charge in [0.05, 0.1) is 18.4 Å². The van der Waals surface area contributed by atoms with Crippen molar-refractivity contribution in [3.63, 3.8) is 0 Å². The molecule has 2 heterocycles. The first-order valence-electron chi connectivity index (χ1n) is 8.23. The lowest BCUT2D eigenvalue weighted by Crippen LogP contribution is -2.51. The molecule has 0 spiro atoms. The van der Waals surface area contributed by atoms with Crippen LogP contribution in [0.15, 0.2) is 30.6 Å². The number of benzene rings is 1. The summed E-state index contributed by atoms with van der Waals surface area (Å²) in [5.41, 5.74) is 0. The fourth-order valence-electron chi connectivity index (χ4n) is 2.57. The summed E-state index contributed by atoms with van der Waals surface area (Å²) in [6.45, 7) is 5.14. The van der Waals surface area contributed by atoms with E-state index in [1.54, 1.807) is 0 Å². The fourth-order valence-corrected chi connectivity index (χ4v) is 2.57. The molecule has 0 aliphatic carbocycles. The maximum absolute atomic E-state index is 13.6. The zero-order valence-electron chi connectivity index (χ0n) is 14.2. The van der Waals surface area contributed by atoms with Gasteiger partial charge in [0.25, 0.3) is 0 Å². The quantitative estimate of drug-likeness (QED) is 0.843. The van der Waals surface area contributed by atoms with Crippen LogP contribution in [0.1, 0.15) is 6.92 Å². The van der Waals surface area contributed by atoms with Crippen molar-refractivity contribution in [3.05, 3.63) is 42.2 Å². The van der Waals surface area contributed by atoms with E-state index in [0.717, 1.165) is 44.4 Å². The second-order valence-corrected chi connectivity index (χ2v) is 5.87. The zero-order valence-corrected chi connectivity index (χ0v) is 14.2. The molecule has 3 rings (SSSR count). The van der Waals surface area contributed by atoms with Crippen LogP contribution in [-0.2, 0) is 4.79 Å². The summed E-state index contributed by atoms with van der Waals surface area (Å²) in [6, 6.07) is 2.67. The number of hydrogen-bond acceptors (Lipinski definition) is 6. The third kappa shape index (κ3) is 4.50. The molecular formula is C17H19F2N5O2. The standard InChI is InChI=1S/C17H19F2N5O2/c1-11(24-6-4-20-5-7-24)17(25)23-15-9-22-16(10-21-15)26-14-3-2-12(18)8-13(14)19/h2-3,8-11,20H,4-7H2,1H3,(H,21,23,25)/t11-/m0/s1. The summed E-state index contributed by atoms with van der Waals surface area (Å²) in [7, 11) is 0. The zero-order chi connectivity index (χ0) is 18.5. The highest BCUT2D eigenvalue weighted by Crippen LogP contribution is 2.23. The highest BCUT2D eigenvalue weighted by Gasteiger charge is 2.23. The lowest BCUT2D eigenvalue weighted by molar-refractivity contribution is -0.121. The number of hydrogen-bond donors (Lipinski definition) is 2. The highest BCUT2D eigenvalue weighted by atomic mass is 19.1. The number of carbonyl (C=O) groups excluding carboxylic acids is 1. The maximum Gasteiger partial charge on any atom is 0.242 e. The second kappa shape index (κ2) is 8.15. The van der Waals surface area contributed by atoms with Crippen LogP contribution in [-0.4, -0.2) is 53.0 Å². The molecule has 138 valence electrons. The smallest absolute Gasteiger partial charge is 0.242 e. The van der Waals surface area contributed by atoms with Gasteiger partial charge in [0.2, 0.25) is 11.8 Å². The van der Waals surface area contributed by atoms with Crippen molar-refractivity contribution in [2.75, 3.05) is 31.5 Å². The molecule has 1 atom stereocenters. The van der Waals surface area contributed by atoms with Crippen molar-refractivity contribution in [1.29, 1.82) is 0 Å². The number of nitrogens with zero attached hydrogens (tertiary/aromatic N) is 3. The molecule has 1 amide bonds. The van der Waals surface area contributed by atoms with Gasteiger partial charge >= 0.3 is 0 Å². The van der Waals surface area contributed by atoms with Gasteiger partial charge in [0.15, 0.2) is 17.4 Å². The predicted molar refractivity (Wildman–Crippen MR) is 91.0 cm³/mol. The minimum absolute atomic E-state index is 0.0312. The molecule has 1 aliphatic rings. The number of rotatable bonds is 5. The van der Waals surface area contributed by atoms with E-state index in [-0.39, 0.29) is 29.4 Å². The molecule has 0 unspecified atom stereocenters. The Bertz CT molecular complexity index is 766. The van der Waals surface area contributed by atoms with Crippen LogP contribution in [0.4, 0.5) is 14.6 Å². The molecule has 2 aromatic rings. The van der Waals surface area contributed by atoms with Gasteiger partial charge in [-0.05, 0) is 19.1 Å². The summed E-state index contributed by atoms with van der Waals surface area (Å²) in [5.74, 6) is -1.58. The average molecular weight is 363 g/mol. The fraction of sp³-hybridized carbons (Fsp3) is 0.353. The van der Waals surface area contributed by atoms with E-state index in [9.17, 15) is 13.6 Å². The molecular weight excluding hydrogens is 344 g/mol. The Hall–Kier alpha value is -2.65. The molecule has 0 saturated carbocycles. The Kier molecular flexibility index (Phi) is 5.69. The molecule has 0 radical (unpaired) electrons. The highest BCUT2D eigenvalue weighted by molar-refractivity contribution is 5.93. The number of anilines is 1. The van der Waals surface area contributed by atoms with E-state index in [2.05, 4.69) is 25.5 Å². The van der Waals surface area contributed by atoms with Crippen molar-refractivity contribution in [2.24, 2.45) is 0 Å². The molecule has 1 aromatic heterocycles. The molecule has 0 bridgehead atoms. The molecule has 1 saturated heterocycles. The first kappa shape index (κ1) is 18.2. The molecule has 9 heteroatoms. The Balaban J connectivity index is 1.59. The van der Waals surface area contributed by atoms with Crippen LogP contribution in [0.2, 0.25) is 0 Å².